The van der Waals surface area contributed by atoms with Crippen LogP contribution in [0.15, 0.2) is 0 Å². The molecule has 1 aliphatic rings. The second kappa shape index (κ2) is 5.27. The molecule has 0 aromatic heterocycles. The number of hydrogen-bond donors (Lipinski definition) is 1. The highest BCUT2D eigenvalue weighted by molar-refractivity contribution is 7.91. The van der Waals surface area contributed by atoms with Gasteiger partial charge in [0.1, 0.15) is 0 Å². The fraction of sp³-hybridized carbons (Fsp3) is 1.00. The summed E-state index contributed by atoms with van der Waals surface area (Å²) in [6.07, 6.45) is 4.78. The normalized spacial score (nSPS) is 27.5. The van der Waals surface area contributed by atoms with Crippen LogP contribution in [0.1, 0.15) is 25.7 Å². The number of aliphatic hydroxyl groups excluding tert-OH is 1. The third-order valence-corrected chi connectivity index (χ3v) is 4.85. The van der Waals surface area contributed by atoms with Gasteiger partial charge in [0.25, 0.3) is 0 Å². The van der Waals surface area contributed by atoms with E-state index in [1.165, 1.54) is 6.26 Å². The zero-order chi connectivity index (χ0) is 11.5. The molecule has 0 amide bonds. The van der Waals surface area contributed by atoms with Gasteiger partial charge in [-0.05, 0) is 26.3 Å². The maximum absolute atomic E-state index is 11.5. The molecule has 0 aromatic carbocycles. The molecule has 5 heteroatoms. The predicted octanol–water partition coefficient (Wildman–Crippen LogP) is 0.266. The van der Waals surface area contributed by atoms with Crippen molar-refractivity contribution in [3.05, 3.63) is 0 Å². The zero-order valence-electron chi connectivity index (χ0n) is 9.52. The smallest absolute Gasteiger partial charge is 0.151 e. The van der Waals surface area contributed by atoms with Crippen LogP contribution in [0.25, 0.3) is 0 Å². The monoisotopic (exact) mass is 235 g/mol. The van der Waals surface area contributed by atoms with E-state index in [1.807, 2.05) is 7.05 Å². The van der Waals surface area contributed by atoms with Gasteiger partial charge >= 0.3 is 0 Å². The Morgan fingerprint density at radius 3 is 2.60 bits per heavy atom. The van der Waals surface area contributed by atoms with Crippen LogP contribution in [-0.2, 0) is 9.84 Å². The molecular formula is C10H21NO3S. The van der Waals surface area contributed by atoms with Gasteiger partial charge in [-0.2, -0.15) is 0 Å². The number of hydrogen-bond acceptors (Lipinski definition) is 4. The van der Waals surface area contributed by atoms with Gasteiger partial charge in [0.05, 0.1) is 5.25 Å². The Morgan fingerprint density at radius 2 is 2.07 bits per heavy atom. The Balaban J connectivity index is 2.60. The third kappa shape index (κ3) is 3.43. The molecule has 15 heavy (non-hydrogen) atoms. The first-order chi connectivity index (χ1) is 6.96. The third-order valence-electron chi connectivity index (χ3n) is 3.20. The second-order valence-electron chi connectivity index (χ2n) is 4.42. The molecule has 0 aliphatic heterocycles. The molecule has 1 saturated carbocycles. The lowest BCUT2D eigenvalue weighted by molar-refractivity contribution is 0.209. The summed E-state index contributed by atoms with van der Waals surface area (Å²) in [5.41, 5.74) is 0. The van der Waals surface area contributed by atoms with E-state index in [1.54, 1.807) is 0 Å². The van der Waals surface area contributed by atoms with Crippen LogP contribution in [0.3, 0.4) is 0 Å². The van der Waals surface area contributed by atoms with Crippen molar-refractivity contribution in [1.82, 2.24) is 4.90 Å². The Labute approximate surface area is 92.2 Å². The first-order valence-corrected chi connectivity index (χ1v) is 7.42. The summed E-state index contributed by atoms with van der Waals surface area (Å²) in [7, 11) is -0.978. The van der Waals surface area contributed by atoms with Gasteiger partial charge in [0.2, 0.25) is 0 Å². The fourth-order valence-corrected chi connectivity index (χ4v) is 3.91. The fourth-order valence-electron chi connectivity index (χ4n) is 2.40. The van der Waals surface area contributed by atoms with Gasteiger partial charge in [0.15, 0.2) is 9.84 Å². The first-order valence-electron chi connectivity index (χ1n) is 5.46. The van der Waals surface area contributed by atoms with Crippen molar-refractivity contribution >= 4 is 9.84 Å². The second-order valence-corrected chi connectivity index (χ2v) is 6.69. The Kier molecular flexibility index (Phi) is 4.55. The first kappa shape index (κ1) is 12.9. The van der Waals surface area contributed by atoms with E-state index in [-0.39, 0.29) is 17.9 Å². The highest BCUT2D eigenvalue weighted by atomic mass is 32.2. The molecule has 2 atom stereocenters. The molecule has 0 aromatic rings. The minimum Gasteiger partial charge on any atom is -0.396 e. The number of nitrogens with zero attached hydrogens (tertiary/aromatic N) is 1. The van der Waals surface area contributed by atoms with E-state index >= 15 is 0 Å². The maximum atomic E-state index is 11.5. The number of sulfone groups is 1. The molecule has 0 bridgehead atoms. The Morgan fingerprint density at radius 1 is 1.40 bits per heavy atom. The number of rotatable bonds is 5. The minimum atomic E-state index is -2.93. The van der Waals surface area contributed by atoms with E-state index in [2.05, 4.69) is 4.90 Å². The van der Waals surface area contributed by atoms with E-state index in [9.17, 15) is 8.42 Å². The molecule has 1 fully saturated rings. The van der Waals surface area contributed by atoms with Crippen LogP contribution in [0.5, 0.6) is 0 Å². The van der Waals surface area contributed by atoms with Crippen LogP contribution in [0.4, 0.5) is 0 Å². The molecule has 4 nitrogen and oxygen atoms in total. The van der Waals surface area contributed by atoms with Crippen LogP contribution in [-0.4, -0.2) is 56.2 Å². The summed E-state index contributed by atoms with van der Waals surface area (Å²) in [5, 5.41) is 8.53. The van der Waals surface area contributed by atoms with Crippen molar-refractivity contribution in [2.45, 2.75) is 37.0 Å². The molecule has 1 aliphatic carbocycles. The zero-order valence-corrected chi connectivity index (χ0v) is 10.3. The highest BCUT2D eigenvalue weighted by Gasteiger charge is 2.36. The van der Waals surface area contributed by atoms with Crippen molar-refractivity contribution < 1.29 is 13.5 Å². The SMILES string of the molecule is CN(CCCO)C1CCCC1S(C)(=O)=O. The maximum Gasteiger partial charge on any atom is 0.151 e. The summed E-state index contributed by atoms with van der Waals surface area (Å²) in [4.78, 5) is 2.08. The van der Waals surface area contributed by atoms with E-state index < -0.39 is 9.84 Å². The van der Waals surface area contributed by atoms with Crippen molar-refractivity contribution in [3.63, 3.8) is 0 Å². The predicted molar refractivity (Wildman–Crippen MR) is 60.6 cm³/mol. The summed E-state index contributed by atoms with van der Waals surface area (Å²) in [6.45, 7) is 0.938. The molecule has 0 spiro atoms. The summed E-state index contributed by atoms with van der Waals surface area (Å²) >= 11 is 0. The summed E-state index contributed by atoms with van der Waals surface area (Å²) in [5.74, 6) is 0. The van der Waals surface area contributed by atoms with Gasteiger partial charge in [-0.25, -0.2) is 8.42 Å². The molecule has 2 unspecified atom stereocenters. The lowest BCUT2D eigenvalue weighted by atomic mass is 10.2. The molecule has 1 N–H and O–H groups in total. The number of aliphatic hydroxyl groups is 1. The molecular weight excluding hydrogens is 214 g/mol. The highest BCUT2D eigenvalue weighted by Crippen LogP contribution is 2.28. The van der Waals surface area contributed by atoms with Crippen molar-refractivity contribution in [2.24, 2.45) is 0 Å². The molecule has 1 rings (SSSR count). The van der Waals surface area contributed by atoms with E-state index in [0.29, 0.717) is 6.42 Å². The van der Waals surface area contributed by atoms with Crippen molar-refractivity contribution in [2.75, 3.05) is 26.5 Å². The molecule has 0 heterocycles. The average molecular weight is 235 g/mol. The van der Waals surface area contributed by atoms with Crippen LogP contribution < -0.4 is 0 Å². The Bertz CT molecular complexity index is 289. The van der Waals surface area contributed by atoms with Gasteiger partial charge in [-0.15, -0.1) is 0 Å². The molecule has 0 saturated heterocycles. The van der Waals surface area contributed by atoms with Crippen LogP contribution >= 0.6 is 0 Å². The topological polar surface area (TPSA) is 57.6 Å². The van der Waals surface area contributed by atoms with Crippen molar-refractivity contribution in [3.8, 4) is 0 Å². The standard InChI is InChI=1S/C10H21NO3S/c1-11(7-4-8-12)9-5-3-6-10(9)15(2,13)14/h9-10,12H,3-8H2,1-2H3. The van der Waals surface area contributed by atoms with Gasteiger partial charge in [-0.1, -0.05) is 6.42 Å². The van der Waals surface area contributed by atoms with Gasteiger partial charge in [-0.3, -0.25) is 0 Å². The summed E-state index contributed by atoms with van der Waals surface area (Å²) < 4.78 is 23.1. The lowest BCUT2D eigenvalue weighted by Gasteiger charge is -2.28. The van der Waals surface area contributed by atoms with Crippen molar-refractivity contribution in [1.29, 1.82) is 0 Å². The van der Waals surface area contributed by atoms with Gasteiger partial charge in [0, 0.05) is 25.4 Å². The van der Waals surface area contributed by atoms with Gasteiger partial charge < -0.3 is 10.0 Å². The van der Waals surface area contributed by atoms with E-state index in [4.69, 9.17) is 5.11 Å². The van der Waals surface area contributed by atoms with Crippen LogP contribution in [0, 0.1) is 0 Å². The Hall–Kier alpha value is -0.130. The minimum absolute atomic E-state index is 0.145. The lowest BCUT2D eigenvalue weighted by Crippen LogP contribution is -2.41. The summed E-state index contributed by atoms with van der Waals surface area (Å²) in [6, 6.07) is 0.145. The largest absolute Gasteiger partial charge is 0.396 e. The average Bonchev–Trinajstić information content (AvgIpc) is 2.61. The molecule has 90 valence electrons. The van der Waals surface area contributed by atoms with E-state index in [0.717, 1.165) is 25.8 Å². The van der Waals surface area contributed by atoms with Crippen LogP contribution in [0.2, 0.25) is 0 Å². The quantitative estimate of drug-likeness (QED) is 0.743. The molecule has 0 radical (unpaired) electrons.